The molecular weight excluding hydrogens is 456 g/mol. The zero-order valence-corrected chi connectivity index (χ0v) is 21.1. The van der Waals surface area contributed by atoms with E-state index in [1.165, 1.54) is 15.9 Å². The number of aromatic nitrogens is 2. The molecule has 0 saturated carbocycles. The molecule has 0 radical (unpaired) electrons. The number of nitrogens with two attached hydrogens (primary N) is 1. The molecule has 3 heterocycles. The molecule has 0 unspecified atom stereocenters. The monoisotopic (exact) mass is 490 g/mol. The largest absolute Gasteiger partial charge is 0.383 e. The molecule has 1 aliphatic rings. The van der Waals surface area contributed by atoms with Crippen LogP contribution >= 0.6 is 11.3 Å². The first-order chi connectivity index (χ1) is 16.1. The van der Waals surface area contributed by atoms with Gasteiger partial charge in [-0.15, -0.1) is 11.3 Å². The number of rotatable bonds is 8. The molecule has 186 valence electrons. The lowest BCUT2D eigenvalue weighted by Crippen LogP contribution is -2.53. The van der Waals surface area contributed by atoms with Crippen molar-refractivity contribution in [2.45, 2.75) is 34.2 Å². The van der Waals surface area contributed by atoms with Gasteiger partial charge >= 0.3 is 5.69 Å². The number of aromatic amines is 1. The Bertz CT molecular complexity index is 1110. The highest BCUT2D eigenvalue weighted by molar-refractivity contribution is 7.12. The second-order valence-corrected chi connectivity index (χ2v) is 10.4. The molecule has 0 bridgehead atoms. The van der Waals surface area contributed by atoms with Crippen molar-refractivity contribution in [1.82, 2.24) is 19.4 Å². The van der Waals surface area contributed by atoms with Crippen molar-refractivity contribution in [3.05, 3.63) is 43.2 Å². The van der Waals surface area contributed by atoms with Crippen molar-refractivity contribution in [3.8, 4) is 0 Å². The Balaban J connectivity index is 1.76. The number of hydrogen-bond acceptors (Lipinski definition) is 7. The average molecular weight is 491 g/mol. The van der Waals surface area contributed by atoms with E-state index in [9.17, 15) is 19.2 Å². The van der Waals surface area contributed by atoms with Gasteiger partial charge in [0.2, 0.25) is 5.91 Å². The third-order valence-corrected chi connectivity index (χ3v) is 6.50. The second-order valence-electron chi connectivity index (χ2n) is 9.42. The third-order valence-electron chi connectivity index (χ3n) is 5.64. The number of anilines is 2. The molecule has 3 N–H and O–H groups in total. The number of thiophene rings is 1. The minimum atomic E-state index is -0.595. The number of carbonyl (C=O) groups is 2. The molecule has 0 aliphatic carbocycles. The fourth-order valence-corrected chi connectivity index (χ4v) is 4.77. The topological polar surface area (TPSA) is 125 Å². The first-order valence-electron chi connectivity index (χ1n) is 11.6. The molecule has 2 aromatic heterocycles. The van der Waals surface area contributed by atoms with Crippen LogP contribution in [0.25, 0.3) is 0 Å². The Kier molecular flexibility index (Phi) is 8.19. The third kappa shape index (κ3) is 5.88. The lowest BCUT2D eigenvalue weighted by atomic mass is 10.2. The minimum absolute atomic E-state index is 0.0183. The summed E-state index contributed by atoms with van der Waals surface area (Å²) in [5.74, 6) is 0.200. The Hall–Kier alpha value is -3.08. The molecule has 1 fully saturated rings. The Morgan fingerprint density at radius 1 is 1.09 bits per heavy atom. The molecule has 34 heavy (non-hydrogen) atoms. The Morgan fingerprint density at radius 2 is 1.74 bits per heavy atom. The number of amides is 2. The van der Waals surface area contributed by atoms with Gasteiger partial charge in [-0.2, -0.15) is 0 Å². The molecule has 1 saturated heterocycles. The lowest BCUT2D eigenvalue weighted by Gasteiger charge is -2.36. The maximum atomic E-state index is 13.2. The predicted octanol–water partition coefficient (Wildman–Crippen LogP) is 1.28. The van der Waals surface area contributed by atoms with E-state index < -0.39 is 11.2 Å². The predicted molar refractivity (Wildman–Crippen MR) is 134 cm³/mol. The smallest absolute Gasteiger partial charge is 0.330 e. The fraction of sp³-hybridized carbons (Fsp3) is 0.565. The van der Waals surface area contributed by atoms with Crippen LogP contribution in [0.1, 0.15) is 37.4 Å². The van der Waals surface area contributed by atoms with Gasteiger partial charge in [-0.3, -0.25) is 23.9 Å². The normalized spacial score (nSPS) is 14.2. The van der Waals surface area contributed by atoms with E-state index >= 15 is 0 Å². The van der Waals surface area contributed by atoms with Gasteiger partial charge in [0.1, 0.15) is 11.5 Å². The first-order valence-corrected chi connectivity index (χ1v) is 12.4. The van der Waals surface area contributed by atoms with Crippen molar-refractivity contribution in [2.75, 3.05) is 49.9 Å². The van der Waals surface area contributed by atoms with Crippen LogP contribution in [0.3, 0.4) is 0 Å². The summed E-state index contributed by atoms with van der Waals surface area (Å²) in [5.41, 5.74) is 5.29. The number of nitrogens with one attached hydrogen (secondary N) is 1. The fourth-order valence-electron chi connectivity index (χ4n) is 4.08. The number of nitrogens with zero attached hydrogens (tertiary/aromatic N) is 4. The number of H-pyrrole nitrogens is 1. The number of nitrogen functional groups attached to an aromatic ring is 1. The number of carbonyl (C=O) groups excluding carboxylic acids is 2. The molecule has 0 atom stereocenters. The summed E-state index contributed by atoms with van der Waals surface area (Å²) in [6.07, 6.45) is 0. The minimum Gasteiger partial charge on any atom is -0.383 e. The van der Waals surface area contributed by atoms with Gasteiger partial charge in [0.25, 0.3) is 11.5 Å². The maximum Gasteiger partial charge on any atom is 0.330 e. The van der Waals surface area contributed by atoms with E-state index in [-0.39, 0.29) is 41.7 Å². The van der Waals surface area contributed by atoms with Gasteiger partial charge in [-0.1, -0.05) is 33.8 Å². The molecule has 0 spiro atoms. The Labute approximate surface area is 203 Å². The van der Waals surface area contributed by atoms with Crippen molar-refractivity contribution in [2.24, 2.45) is 11.8 Å². The summed E-state index contributed by atoms with van der Waals surface area (Å²) in [6.45, 7) is 10.4. The van der Waals surface area contributed by atoms with Crippen LogP contribution in [0.2, 0.25) is 0 Å². The van der Waals surface area contributed by atoms with Crippen molar-refractivity contribution in [1.29, 1.82) is 0 Å². The summed E-state index contributed by atoms with van der Waals surface area (Å²) in [5, 5.41) is 1.87. The number of piperazine rings is 1. The van der Waals surface area contributed by atoms with Crippen LogP contribution in [0.5, 0.6) is 0 Å². The van der Waals surface area contributed by atoms with E-state index in [1.54, 1.807) is 20.8 Å². The lowest BCUT2D eigenvalue weighted by molar-refractivity contribution is -0.131. The molecule has 1 aliphatic heterocycles. The van der Waals surface area contributed by atoms with Gasteiger partial charge in [-0.25, -0.2) is 4.79 Å². The van der Waals surface area contributed by atoms with E-state index in [4.69, 9.17) is 5.73 Å². The van der Waals surface area contributed by atoms with Gasteiger partial charge in [0.05, 0.1) is 11.4 Å². The van der Waals surface area contributed by atoms with Crippen LogP contribution in [0.4, 0.5) is 11.5 Å². The molecule has 2 aromatic rings. The highest BCUT2D eigenvalue weighted by atomic mass is 32.1. The van der Waals surface area contributed by atoms with Crippen LogP contribution in [0, 0.1) is 11.8 Å². The van der Waals surface area contributed by atoms with E-state index in [1.807, 2.05) is 39.1 Å². The molecule has 10 nitrogen and oxygen atoms in total. The average Bonchev–Trinajstić information content (AvgIpc) is 3.30. The molecule has 2 amide bonds. The summed E-state index contributed by atoms with van der Waals surface area (Å²) in [4.78, 5) is 59.0. The van der Waals surface area contributed by atoms with E-state index in [0.717, 1.165) is 0 Å². The second kappa shape index (κ2) is 10.9. The summed E-state index contributed by atoms with van der Waals surface area (Å²) in [6, 6.07) is 3.65. The van der Waals surface area contributed by atoms with E-state index in [2.05, 4.69) is 4.98 Å². The van der Waals surface area contributed by atoms with Crippen LogP contribution < -0.4 is 21.9 Å². The molecule has 0 aromatic carbocycles. The van der Waals surface area contributed by atoms with Gasteiger partial charge in [-0.05, 0) is 23.3 Å². The number of hydrogen-bond donors (Lipinski definition) is 2. The van der Waals surface area contributed by atoms with Crippen molar-refractivity contribution in [3.63, 3.8) is 0 Å². The standard InChI is InChI=1S/C23H34N6O4S/c1-15(2)12-28(19-20(24)29(13-16(3)4)23(33)25-21(19)31)14-18(30)26-7-9-27(10-8-26)22(32)17-6-5-11-34-17/h5-6,11,15-16H,7-10,12-14,24H2,1-4H3,(H,25,31,33). The first kappa shape index (κ1) is 25.5. The highest BCUT2D eigenvalue weighted by Crippen LogP contribution is 2.20. The van der Waals surface area contributed by atoms with Gasteiger partial charge in [0.15, 0.2) is 0 Å². The maximum absolute atomic E-state index is 13.2. The highest BCUT2D eigenvalue weighted by Gasteiger charge is 2.28. The van der Waals surface area contributed by atoms with E-state index in [0.29, 0.717) is 44.1 Å². The molecule has 3 rings (SSSR count). The molecule has 11 heteroatoms. The van der Waals surface area contributed by atoms with Gasteiger partial charge < -0.3 is 20.4 Å². The zero-order chi connectivity index (χ0) is 25.0. The summed E-state index contributed by atoms with van der Waals surface area (Å²) in [7, 11) is 0. The van der Waals surface area contributed by atoms with Crippen LogP contribution in [-0.4, -0.2) is 70.4 Å². The molecular formula is C23H34N6O4S. The summed E-state index contributed by atoms with van der Waals surface area (Å²) >= 11 is 1.40. The van der Waals surface area contributed by atoms with Crippen LogP contribution in [-0.2, 0) is 11.3 Å². The van der Waals surface area contributed by atoms with Crippen LogP contribution in [0.15, 0.2) is 27.1 Å². The zero-order valence-electron chi connectivity index (χ0n) is 20.2. The van der Waals surface area contributed by atoms with Gasteiger partial charge in [0, 0.05) is 39.3 Å². The summed E-state index contributed by atoms with van der Waals surface area (Å²) < 4.78 is 1.36. The van der Waals surface area contributed by atoms with Crippen molar-refractivity contribution < 1.29 is 9.59 Å². The Morgan fingerprint density at radius 3 is 2.29 bits per heavy atom. The SMILES string of the molecule is CC(C)CN(CC(=O)N1CCN(C(=O)c2cccs2)CC1)c1c(N)n(CC(C)C)c(=O)[nH]c1=O. The quantitative estimate of drug-likeness (QED) is 0.574. The van der Waals surface area contributed by atoms with Crippen molar-refractivity contribution >= 4 is 34.7 Å².